The predicted molar refractivity (Wildman–Crippen MR) is 120 cm³/mol. The minimum Gasteiger partial charge on any atom is -0.497 e. The van der Waals surface area contributed by atoms with Crippen LogP contribution in [0.3, 0.4) is 0 Å². The zero-order chi connectivity index (χ0) is 22.8. The topological polar surface area (TPSA) is 67.9 Å². The summed E-state index contributed by atoms with van der Waals surface area (Å²) in [6, 6.07) is 17.7. The molecule has 162 valence electrons. The standard InChI is InChI=1S/C25H21FN2O4/c1-15-5-4-6-18(13-15)27-23-22(16-7-9-17(26)10-8-16)24(29)28(25(23)30)20-12-11-19(31-2)14-21(20)32-3/h4-14,27H,1-3H3. The highest BCUT2D eigenvalue weighted by Crippen LogP contribution is 2.39. The van der Waals surface area contributed by atoms with Crippen molar-refractivity contribution in [2.24, 2.45) is 0 Å². The number of benzene rings is 3. The van der Waals surface area contributed by atoms with Crippen LogP contribution < -0.4 is 19.7 Å². The number of amides is 2. The van der Waals surface area contributed by atoms with Crippen molar-refractivity contribution in [3.63, 3.8) is 0 Å². The molecule has 0 saturated carbocycles. The van der Waals surface area contributed by atoms with Gasteiger partial charge in [0.2, 0.25) is 0 Å². The molecule has 7 heteroatoms. The molecule has 0 unspecified atom stereocenters. The van der Waals surface area contributed by atoms with Gasteiger partial charge in [-0.15, -0.1) is 0 Å². The van der Waals surface area contributed by atoms with E-state index in [1.165, 1.54) is 38.5 Å². The van der Waals surface area contributed by atoms with Gasteiger partial charge in [0.15, 0.2) is 0 Å². The Morgan fingerprint density at radius 1 is 0.875 bits per heavy atom. The van der Waals surface area contributed by atoms with Gasteiger partial charge in [0.1, 0.15) is 23.0 Å². The molecule has 0 fully saturated rings. The third-order valence-corrected chi connectivity index (χ3v) is 5.13. The van der Waals surface area contributed by atoms with Crippen molar-refractivity contribution in [1.29, 1.82) is 0 Å². The summed E-state index contributed by atoms with van der Waals surface area (Å²) in [5.41, 5.74) is 2.60. The summed E-state index contributed by atoms with van der Waals surface area (Å²) in [4.78, 5) is 28.1. The highest BCUT2D eigenvalue weighted by Gasteiger charge is 2.41. The highest BCUT2D eigenvalue weighted by molar-refractivity contribution is 6.46. The van der Waals surface area contributed by atoms with Crippen LogP contribution >= 0.6 is 0 Å². The molecule has 0 spiro atoms. The predicted octanol–water partition coefficient (Wildman–Crippen LogP) is 4.55. The van der Waals surface area contributed by atoms with E-state index in [0.717, 1.165) is 10.5 Å². The van der Waals surface area contributed by atoms with E-state index in [9.17, 15) is 14.0 Å². The molecule has 1 heterocycles. The molecule has 0 saturated heterocycles. The fourth-order valence-electron chi connectivity index (χ4n) is 3.59. The molecule has 4 rings (SSSR count). The van der Waals surface area contributed by atoms with Crippen molar-refractivity contribution in [3.05, 3.63) is 89.4 Å². The summed E-state index contributed by atoms with van der Waals surface area (Å²) in [5.74, 6) is -0.691. The molecule has 6 nitrogen and oxygen atoms in total. The first-order valence-electron chi connectivity index (χ1n) is 9.87. The number of nitrogens with zero attached hydrogens (tertiary/aromatic N) is 1. The lowest BCUT2D eigenvalue weighted by Crippen LogP contribution is -2.32. The Labute approximate surface area is 184 Å². The number of nitrogens with one attached hydrogen (secondary N) is 1. The lowest BCUT2D eigenvalue weighted by atomic mass is 10.0. The van der Waals surface area contributed by atoms with Crippen LogP contribution in [-0.4, -0.2) is 26.0 Å². The largest absolute Gasteiger partial charge is 0.497 e. The molecular weight excluding hydrogens is 411 g/mol. The van der Waals surface area contributed by atoms with Gasteiger partial charge >= 0.3 is 0 Å². The smallest absolute Gasteiger partial charge is 0.282 e. The number of carbonyl (C=O) groups excluding carboxylic acids is 2. The normalized spacial score (nSPS) is 13.6. The van der Waals surface area contributed by atoms with Crippen LogP contribution in [0.1, 0.15) is 11.1 Å². The average molecular weight is 432 g/mol. The third kappa shape index (κ3) is 3.80. The fraction of sp³-hybridized carbons (Fsp3) is 0.120. The van der Waals surface area contributed by atoms with Gasteiger partial charge in [-0.05, 0) is 54.4 Å². The Morgan fingerprint density at radius 2 is 1.62 bits per heavy atom. The Hall–Kier alpha value is -4.13. The second-order valence-electron chi connectivity index (χ2n) is 7.23. The molecule has 0 atom stereocenters. The first kappa shape index (κ1) is 21.1. The van der Waals surface area contributed by atoms with E-state index in [0.29, 0.717) is 22.7 Å². The van der Waals surface area contributed by atoms with Crippen LogP contribution in [0.5, 0.6) is 11.5 Å². The van der Waals surface area contributed by atoms with Gasteiger partial charge < -0.3 is 14.8 Å². The summed E-state index contributed by atoms with van der Waals surface area (Å²) in [7, 11) is 2.96. The number of anilines is 2. The number of hydrogen-bond acceptors (Lipinski definition) is 5. The summed E-state index contributed by atoms with van der Waals surface area (Å²) >= 11 is 0. The molecule has 3 aromatic rings. The van der Waals surface area contributed by atoms with Crippen LogP contribution in [0.4, 0.5) is 15.8 Å². The number of ether oxygens (including phenoxy) is 2. The monoisotopic (exact) mass is 432 g/mol. The zero-order valence-corrected chi connectivity index (χ0v) is 17.8. The highest BCUT2D eigenvalue weighted by atomic mass is 19.1. The summed E-state index contributed by atoms with van der Waals surface area (Å²) in [5, 5.41) is 3.09. The molecular formula is C25H21FN2O4. The maximum atomic E-state index is 13.5. The van der Waals surface area contributed by atoms with Crippen LogP contribution in [-0.2, 0) is 9.59 Å². The van der Waals surface area contributed by atoms with E-state index in [4.69, 9.17) is 9.47 Å². The van der Waals surface area contributed by atoms with Gasteiger partial charge in [-0.3, -0.25) is 9.59 Å². The van der Waals surface area contributed by atoms with Crippen molar-refractivity contribution < 1.29 is 23.5 Å². The lowest BCUT2D eigenvalue weighted by molar-refractivity contribution is -0.120. The molecule has 1 N–H and O–H groups in total. The maximum absolute atomic E-state index is 13.5. The third-order valence-electron chi connectivity index (χ3n) is 5.13. The second kappa shape index (κ2) is 8.55. The molecule has 1 aliphatic rings. The van der Waals surface area contributed by atoms with Crippen molar-refractivity contribution in [2.75, 3.05) is 24.4 Å². The number of halogens is 1. The number of aryl methyl sites for hydroxylation is 1. The van der Waals surface area contributed by atoms with Gasteiger partial charge in [0, 0.05) is 11.8 Å². The number of imide groups is 1. The van der Waals surface area contributed by atoms with E-state index >= 15 is 0 Å². The molecule has 2 amide bonds. The molecule has 3 aromatic carbocycles. The van der Waals surface area contributed by atoms with E-state index in [-0.39, 0.29) is 17.0 Å². The van der Waals surface area contributed by atoms with Crippen molar-refractivity contribution >= 4 is 28.8 Å². The van der Waals surface area contributed by atoms with Crippen LogP contribution in [0.15, 0.2) is 72.4 Å². The van der Waals surface area contributed by atoms with E-state index < -0.39 is 17.6 Å². The number of hydrogen-bond donors (Lipinski definition) is 1. The van der Waals surface area contributed by atoms with Gasteiger partial charge in [-0.2, -0.15) is 0 Å². The second-order valence-corrected chi connectivity index (χ2v) is 7.23. The number of rotatable bonds is 6. The van der Waals surface area contributed by atoms with Crippen molar-refractivity contribution in [1.82, 2.24) is 0 Å². The van der Waals surface area contributed by atoms with Gasteiger partial charge in [-0.1, -0.05) is 24.3 Å². The molecule has 0 aliphatic carbocycles. The van der Waals surface area contributed by atoms with Crippen molar-refractivity contribution in [3.8, 4) is 11.5 Å². The Balaban J connectivity index is 1.84. The first-order valence-corrected chi connectivity index (χ1v) is 9.87. The SMILES string of the molecule is COc1ccc(N2C(=O)C(Nc3cccc(C)c3)=C(c3ccc(F)cc3)C2=O)c(OC)c1. The summed E-state index contributed by atoms with van der Waals surface area (Å²) in [6.45, 7) is 1.93. The first-order chi connectivity index (χ1) is 15.4. The molecule has 0 radical (unpaired) electrons. The van der Waals surface area contributed by atoms with Crippen molar-refractivity contribution in [2.45, 2.75) is 6.92 Å². The Morgan fingerprint density at radius 3 is 2.28 bits per heavy atom. The molecule has 0 aromatic heterocycles. The van der Waals surface area contributed by atoms with E-state index in [2.05, 4.69) is 5.32 Å². The van der Waals surface area contributed by atoms with Crippen LogP contribution in [0.25, 0.3) is 5.57 Å². The van der Waals surface area contributed by atoms with Crippen LogP contribution in [0.2, 0.25) is 0 Å². The fourth-order valence-corrected chi connectivity index (χ4v) is 3.59. The summed E-state index contributed by atoms with van der Waals surface area (Å²) in [6.07, 6.45) is 0. The molecule has 0 bridgehead atoms. The lowest BCUT2D eigenvalue weighted by Gasteiger charge is -2.19. The minimum absolute atomic E-state index is 0.102. The molecule has 1 aliphatic heterocycles. The van der Waals surface area contributed by atoms with E-state index in [1.807, 2.05) is 25.1 Å². The average Bonchev–Trinajstić information content (AvgIpc) is 3.03. The minimum atomic E-state index is -0.542. The maximum Gasteiger partial charge on any atom is 0.282 e. The number of carbonyl (C=O) groups is 2. The van der Waals surface area contributed by atoms with Gasteiger partial charge in [-0.25, -0.2) is 9.29 Å². The quantitative estimate of drug-likeness (QED) is 0.579. The molecule has 32 heavy (non-hydrogen) atoms. The summed E-state index contributed by atoms with van der Waals surface area (Å²) < 4.78 is 24.1. The Kier molecular flexibility index (Phi) is 5.64. The van der Waals surface area contributed by atoms with E-state index in [1.54, 1.807) is 24.3 Å². The Bertz CT molecular complexity index is 1230. The zero-order valence-electron chi connectivity index (χ0n) is 17.8. The van der Waals surface area contributed by atoms with Gasteiger partial charge in [0.05, 0.1) is 25.5 Å². The number of methoxy groups -OCH3 is 2. The van der Waals surface area contributed by atoms with Gasteiger partial charge in [0.25, 0.3) is 11.8 Å². The van der Waals surface area contributed by atoms with Crippen LogP contribution in [0, 0.1) is 12.7 Å².